The van der Waals surface area contributed by atoms with Crippen LogP contribution in [0.5, 0.6) is 5.75 Å². The van der Waals surface area contributed by atoms with E-state index in [9.17, 15) is 9.59 Å². The lowest BCUT2D eigenvalue weighted by atomic mass is 9.95. The number of hydrogen-bond donors (Lipinski definition) is 0. The van der Waals surface area contributed by atoms with E-state index in [-0.39, 0.29) is 11.9 Å². The average molecular weight is 322 g/mol. The zero-order valence-corrected chi connectivity index (χ0v) is 13.8. The molecule has 0 heterocycles. The van der Waals surface area contributed by atoms with Gasteiger partial charge in [-0.3, -0.25) is 0 Å². The minimum Gasteiger partial charge on any atom is -0.450 e. The number of allylic oxidation sites excluding steroid dienone is 1. The topological polar surface area (TPSA) is 52.6 Å². The Morgan fingerprint density at radius 1 is 1.17 bits per heavy atom. The molecule has 4 rings (SSSR count). The molecule has 3 aliphatic carbocycles. The third-order valence-corrected chi connectivity index (χ3v) is 4.92. The molecule has 24 heavy (non-hydrogen) atoms. The van der Waals surface area contributed by atoms with Crippen LogP contribution in [-0.2, 0) is 14.3 Å². The van der Waals surface area contributed by atoms with Crippen LogP contribution in [0, 0.1) is 0 Å². The van der Waals surface area contributed by atoms with Crippen LogP contribution in [0.25, 0.3) is 5.57 Å². The second kappa shape index (κ2) is 4.69. The lowest BCUT2D eigenvalue weighted by Crippen LogP contribution is -2.22. The summed E-state index contributed by atoms with van der Waals surface area (Å²) in [5, 5.41) is 0. The Kier molecular flexibility index (Phi) is 2.92. The maximum absolute atomic E-state index is 11.9. The van der Waals surface area contributed by atoms with Crippen LogP contribution in [0.4, 0.5) is 0 Å². The van der Waals surface area contributed by atoms with E-state index in [1.165, 1.54) is 11.1 Å². The standard InChI is InChI=1S/C20H18O4/c1-10(2)18(21)23-12-5-6-13-14(7-12)15-8-16(15)20(9-17(13)20)24-19(22)11(3)4/h5-7,17H,1,3,8-9H2,2,4H3. The Labute approximate surface area is 140 Å². The average Bonchev–Trinajstić information content (AvgIpc) is 3.40. The van der Waals surface area contributed by atoms with Crippen molar-refractivity contribution >= 4 is 17.5 Å². The minimum absolute atomic E-state index is 0.197. The zero-order valence-electron chi connectivity index (χ0n) is 13.8. The predicted octanol–water partition coefficient (Wildman–Crippen LogP) is 3.68. The van der Waals surface area contributed by atoms with E-state index >= 15 is 0 Å². The summed E-state index contributed by atoms with van der Waals surface area (Å²) < 4.78 is 11.1. The van der Waals surface area contributed by atoms with E-state index < -0.39 is 11.6 Å². The van der Waals surface area contributed by atoms with E-state index in [1.54, 1.807) is 19.9 Å². The molecule has 1 saturated carbocycles. The van der Waals surface area contributed by atoms with Gasteiger partial charge in [0, 0.05) is 23.5 Å². The Balaban J connectivity index is 1.63. The predicted molar refractivity (Wildman–Crippen MR) is 89.4 cm³/mol. The molecule has 4 heteroatoms. The highest BCUT2D eigenvalue weighted by Gasteiger charge is 2.67. The molecule has 2 unspecified atom stereocenters. The molecule has 0 aliphatic heterocycles. The van der Waals surface area contributed by atoms with Crippen molar-refractivity contribution in [2.75, 3.05) is 0 Å². The van der Waals surface area contributed by atoms with E-state index in [4.69, 9.17) is 9.47 Å². The number of benzene rings is 1. The molecule has 1 aromatic rings. The lowest BCUT2D eigenvalue weighted by Gasteiger charge is -2.20. The van der Waals surface area contributed by atoms with E-state index in [0.717, 1.165) is 24.0 Å². The van der Waals surface area contributed by atoms with Gasteiger partial charge in [-0.15, -0.1) is 0 Å². The quantitative estimate of drug-likeness (QED) is 0.482. The first-order valence-corrected chi connectivity index (χ1v) is 7.97. The van der Waals surface area contributed by atoms with Crippen molar-refractivity contribution < 1.29 is 19.1 Å². The van der Waals surface area contributed by atoms with Gasteiger partial charge in [-0.05, 0) is 54.7 Å². The van der Waals surface area contributed by atoms with E-state index in [2.05, 4.69) is 13.2 Å². The van der Waals surface area contributed by atoms with E-state index in [0.29, 0.717) is 16.9 Å². The van der Waals surface area contributed by atoms with Crippen LogP contribution < -0.4 is 4.74 Å². The molecule has 2 atom stereocenters. The zero-order chi connectivity index (χ0) is 17.2. The fraction of sp³-hybridized carbons (Fsp3) is 0.300. The maximum atomic E-state index is 11.9. The first kappa shape index (κ1) is 14.9. The maximum Gasteiger partial charge on any atom is 0.338 e. The molecule has 122 valence electrons. The highest BCUT2D eigenvalue weighted by molar-refractivity contribution is 5.95. The first-order chi connectivity index (χ1) is 11.3. The summed E-state index contributed by atoms with van der Waals surface area (Å²) in [4.78, 5) is 23.6. The van der Waals surface area contributed by atoms with Crippen molar-refractivity contribution in [1.29, 1.82) is 0 Å². The third-order valence-electron chi connectivity index (χ3n) is 4.92. The second-order valence-electron chi connectivity index (χ2n) is 6.87. The Bertz CT molecular complexity index is 874. The molecule has 0 bridgehead atoms. The van der Waals surface area contributed by atoms with Crippen molar-refractivity contribution in [3.63, 3.8) is 0 Å². The fourth-order valence-corrected chi connectivity index (χ4v) is 3.52. The second-order valence-corrected chi connectivity index (χ2v) is 6.87. The molecule has 0 radical (unpaired) electrons. The molecule has 0 N–H and O–H groups in total. The monoisotopic (exact) mass is 322 g/mol. The molecule has 0 amide bonds. The SMILES string of the molecule is C=C(C)C(=O)Oc1ccc2c(c1)C1=C(C1)C1(OC(=O)C(=C)C)CC21. The van der Waals surface area contributed by atoms with Crippen LogP contribution in [0.3, 0.4) is 0 Å². The van der Waals surface area contributed by atoms with Gasteiger partial charge in [-0.2, -0.15) is 0 Å². The highest BCUT2D eigenvalue weighted by Crippen LogP contribution is 2.71. The number of rotatable bonds is 4. The first-order valence-electron chi connectivity index (χ1n) is 7.97. The summed E-state index contributed by atoms with van der Waals surface area (Å²) in [6.07, 6.45) is 1.67. The summed E-state index contributed by atoms with van der Waals surface area (Å²) in [6.45, 7) is 10.5. The van der Waals surface area contributed by atoms with Gasteiger partial charge in [-0.1, -0.05) is 19.2 Å². The van der Waals surface area contributed by atoms with Crippen LogP contribution in [0.2, 0.25) is 0 Å². The smallest absolute Gasteiger partial charge is 0.338 e. The number of carbonyl (C=O) groups excluding carboxylic acids is 2. The molecule has 0 saturated heterocycles. The molecule has 4 nitrogen and oxygen atoms in total. The van der Waals surface area contributed by atoms with Gasteiger partial charge in [0.05, 0.1) is 0 Å². The molecule has 1 fully saturated rings. The fourth-order valence-electron chi connectivity index (χ4n) is 3.52. The lowest BCUT2D eigenvalue weighted by molar-refractivity contribution is -0.144. The third kappa shape index (κ3) is 2.06. The van der Waals surface area contributed by atoms with Crippen molar-refractivity contribution in [3.8, 4) is 5.75 Å². The largest absolute Gasteiger partial charge is 0.450 e. The Morgan fingerprint density at radius 3 is 2.54 bits per heavy atom. The molecule has 0 aromatic heterocycles. The van der Waals surface area contributed by atoms with Crippen molar-refractivity contribution in [3.05, 3.63) is 59.2 Å². The molecule has 1 aromatic carbocycles. The van der Waals surface area contributed by atoms with Gasteiger partial charge in [-0.25, -0.2) is 9.59 Å². The van der Waals surface area contributed by atoms with Crippen LogP contribution in [0.15, 0.2) is 48.1 Å². The van der Waals surface area contributed by atoms with Crippen LogP contribution in [0.1, 0.15) is 43.7 Å². The molecule has 3 aliphatic rings. The van der Waals surface area contributed by atoms with E-state index in [1.807, 2.05) is 12.1 Å². The van der Waals surface area contributed by atoms with Gasteiger partial charge in [0.1, 0.15) is 11.4 Å². The number of esters is 2. The van der Waals surface area contributed by atoms with Gasteiger partial charge in [0.25, 0.3) is 0 Å². The number of ether oxygens (including phenoxy) is 2. The number of fused-ring (bicyclic) bond motifs is 5. The highest BCUT2D eigenvalue weighted by atomic mass is 16.6. The Morgan fingerprint density at radius 2 is 1.88 bits per heavy atom. The number of hydrogen-bond acceptors (Lipinski definition) is 4. The Hall–Kier alpha value is -2.62. The molecular formula is C20H18O4. The summed E-state index contributed by atoms with van der Waals surface area (Å²) in [5.74, 6) is -0.0332. The van der Waals surface area contributed by atoms with Gasteiger partial charge in [0.2, 0.25) is 0 Å². The van der Waals surface area contributed by atoms with Gasteiger partial charge in [0.15, 0.2) is 0 Å². The van der Waals surface area contributed by atoms with Gasteiger partial charge >= 0.3 is 11.9 Å². The number of carbonyl (C=O) groups is 2. The minimum atomic E-state index is -0.450. The summed E-state index contributed by atoms with van der Waals surface area (Å²) in [6, 6.07) is 5.66. The van der Waals surface area contributed by atoms with Gasteiger partial charge < -0.3 is 9.47 Å². The summed E-state index contributed by atoms with van der Waals surface area (Å²) in [5.41, 5.74) is 5.03. The van der Waals surface area contributed by atoms with Crippen LogP contribution in [-0.4, -0.2) is 17.5 Å². The summed E-state index contributed by atoms with van der Waals surface area (Å²) >= 11 is 0. The van der Waals surface area contributed by atoms with Crippen molar-refractivity contribution in [2.45, 2.75) is 38.2 Å². The molecule has 0 spiro atoms. The molecular weight excluding hydrogens is 304 g/mol. The normalized spacial score (nSPS) is 25.0. The van der Waals surface area contributed by atoms with Crippen molar-refractivity contribution in [2.24, 2.45) is 0 Å². The van der Waals surface area contributed by atoms with Crippen LogP contribution >= 0.6 is 0 Å². The summed E-state index contributed by atoms with van der Waals surface area (Å²) in [7, 11) is 0. The van der Waals surface area contributed by atoms with Crippen molar-refractivity contribution in [1.82, 2.24) is 0 Å².